The smallest absolute Gasteiger partial charge is 0.354 e. The maximum atomic E-state index is 11.9. The molecule has 0 saturated heterocycles. The van der Waals surface area contributed by atoms with Crippen LogP contribution >= 0.6 is 15.9 Å². The van der Waals surface area contributed by atoms with Crippen LogP contribution in [0.3, 0.4) is 0 Å². The minimum Gasteiger partial charge on any atom is -0.466 e. The number of nitrogens with one attached hydrogen (secondary N) is 1. The van der Waals surface area contributed by atoms with E-state index < -0.39 is 11.9 Å². The molecule has 0 heterocycles. The van der Waals surface area contributed by atoms with Crippen molar-refractivity contribution in [1.29, 1.82) is 0 Å². The molecule has 0 radical (unpaired) electrons. The molecule has 0 saturated carbocycles. The molecule has 5 nitrogen and oxygen atoms in total. The summed E-state index contributed by atoms with van der Waals surface area (Å²) in [6, 6.07) is 3.96. The monoisotopic (exact) mass is 369 g/mol. The lowest BCUT2D eigenvalue weighted by Crippen LogP contribution is -2.17. The molecule has 0 spiro atoms. The number of esters is 2. The first-order valence-corrected chi connectivity index (χ1v) is 7.72. The highest BCUT2D eigenvalue weighted by molar-refractivity contribution is 9.10. The van der Waals surface area contributed by atoms with Gasteiger partial charge in [0, 0.05) is 10.2 Å². The van der Waals surface area contributed by atoms with Gasteiger partial charge in [-0.05, 0) is 36.1 Å². The fourth-order valence-corrected chi connectivity index (χ4v) is 2.56. The Hall–Kier alpha value is -1.82. The summed E-state index contributed by atoms with van der Waals surface area (Å²) < 4.78 is 10.3. The molecule has 1 aromatic rings. The number of aryl methyl sites for hydroxylation is 2. The number of halogens is 1. The van der Waals surface area contributed by atoms with Crippen molar-refractivity contribution in [2.24, 2.45) is 0 Å². The Morgan fingerprint density at radius 1 is 1.14 bits per heavy atom. The van der Waals surface area contributed by atoms with Crippen LogP contribution in [0.1, 0.15) is 25.0 Å². The minimum absolute atomic E-state index is 0.0427. The minimum atomic E-state index is -0.627. The first kappa shape index (κ1) is 18.2. The molecule has 0 aliphatic carbocycles. The summed E-state index contributed by atoms with van der Waals surface area (Å²) in [4.78, 5) is 23.3. The van der Waals surface area contributed by atoms with Gasteiger partial charge < -0.3 is 14.8 Å². The average Bonchev–Trinajstić information content (AvgIpc) is 2.53. The Balaban J connectivity index is 3.31. The molecule has 1 aromatic carbocycles. The zero-order valence-electron chi connectivity index (χ0n) is 13.2. The molecule has 0 bridgehead atoms. The van der Waals surface area contributed by atoms with E-state index in [-0.39, 0.29) is 5.70 Å². The molecule has 0 amide bonds. The number of methoxy groups -OCH3 is 2. The third-order valence-corrected chi connectivity index (χ3v) is 3.61. The van der Waals surface area contributed by atoms with Crippen molar-refractivity contribution in [3.05, 3.63) is 39.5 Å². The standard InChI is InChI=1S/C16H20BrNO4/c1-5-10-7-12(17)8-11(6-2)15(10)18-13(16(20)22-4)9-14(19)21-3/h7-9,18H,5-6H2,1-4H3/b13-9+. The lowest BCUT2D eigenvalue weighted by molar-refractivity contribution is -0.138. The fraction of sp³-hybridized carbons (Fsp3) is 0.375. The van der Waals surface area contributed by atoms with Gasteiger partial charge in [0.15, 0.2) is 0 Å². The van der Waals surface area contributed by atoms with Crippen molar-refractivity contribution in [3.8, 4) is 0 Å². The van der Waals surface area contributed by atoms with Crippen molar-refractivity contribution < 1.29 is 19.1 Å². The van der Waals surface area contributed by atoms with Gasteiger partial charge in [0.05, 0.1) is 20.3 Å². The van der Waals surface area contributed by atoms with E-state index in [1.54, 1.807) is 0 Å². The summed E-state index contributed by atoms with van der Waals surface area (Å²) in [7, 11) is 2.51. The Kier molecular flexibility index (Phi) is 7.11. The molecule has 22 heavy (non-hydrogen) atoms. The third kappa shape index (κ3) is 4.59. The first-order chi connectivity index (χ1) is 10.5. The van der Waals surface area contributed by atoms with Crippen LogP contribution in [0.5, 0.6) is 0 Å². The van der Waals surface area contributed by atoms with Gasteiger partial charge in [-0.15, -0.1) is 0 Å². The van der Waals surface area contributed by atoms with Crippen LogP contribution in [0.15, 0.2) is 28.4 Å². The van der Waals surface area contributed by atoms with Crippen LogP contribution in [0.2, 0.25) is 0 Å². The summed E-state index contributed by atoms with van der Waals surface area (Å²) in [6.45, 7) is 4.04. The normalized spacial score (nSPS) is 11.0. The van der Waals surface area contributed by atoms with Crippen LogP contribution in [0.25, 0.3) is 0 Å². The van der Waals surface area contributed by atoms with Crippen molar-refractivity contribution in [3.63, 3.8) is 0 Å². The van der Waals surface area contributed by atoms with Crippen LogP contribution in [-0.4, -0.2) is 26.2 Å². The maximum absolute atomic E-state index is 11.9. The number of benzene rings is 1. The Bertz CT molecular complexity index is 571. The topological polar surface area (TPSA) is 64.6 Å². The van der Waals surface area contributed by atoms with Crippen molar-refractivity contribution in [2.45, 2.75) is 26.7 Å². The predicted octanol–water partition coefficient (Wildman–Crippen LogP) is 3.22. The van der Waals surface area contributed by atoms with Crippen LogP contribution < -0.4 is 5.32 Å². The Morgan fingerprint density at radius 2 is 1.68 bits per heavy atom. The highest BCUT2D eigenvalue weighted by Crippen LogP contribution is 2.28. The molecule has 0 aromatic heterocycles. The van der Waals surface area contributed by atoms with Gasteiger partial charge in [-0.2, -0.15) is 0 Å². The Labute approximate surface area is 138 Å². The fourth-order valence-electron chi connectivity index (χ4n) is 2.01. The van der Waals surface area contributed by atoms with Gasteiger partial charge in [0.1, 0.15) is 5.70 Å². The second kappa shape index (κ2) is 8.58. The molecule has 0 unspecified atom stereocenters. The molecular weight excluding hydrogens is 350 g/mol. The summed E-state index contributed by atoms with van der Waals surface area (Å²) in [6.07, 6.45) is 2.65. The largest absolute Gasteiger partial charge is 0.466 e. The second-order valence-corrected chi connectivity index (χ2v) is 5.42. The number of carbonyl (C=O) groups is 2. The van der Waals surface area contributed by atoms with E-state index in [0.717, 1.165) is 40.2 Å². The lowest BCUT2D eigenvalue weighted by Gasteiger charge is -2.17. The lowest BCUT2D eigenvalue weighted by atomic mass is 10.0. The van der Waals surface area contributed by atoms with Crippen LogP contribution in [0, 0.1) is 0 Å². The molecule has 120 valence electrons. The molecule has 0 aliphatic rings. The molecule has 1 N–H and O–H groups in total. The zero-order valence-corrected chi connectivity index (χ0v) is 14.7. The SMILES string of the molecule is CCc1cc(Br)cc(CC)c1N/C(=C/C(=O)OC)C(=O)OC. The van der Waals surface area contributed by atoms with E-state index in [0.29, 0.717) is 0 Å². The van der Waals surface area contributed by atoms with Crippen LogP contribution in [0.4, 0.5) is 5.69 Å². The molecule has 0 fully saturated rings. The number of ether oxygens (including phenoxy) is 2. The second-order valence-electron chi connectivity index (χ2n) is 4.50. The molecule has 1 rings (SSSR count). The number of hydrogen-bond donors (Lipinski definition) is 1. The van der Waals surface area contributed by atoms with Gasteiger partial charge >= 0.3 is 11.9 Å². The quantitative estimate of drug-likeness (QED) is 0.615. The van der Waals surface area contributed by atoms with E-state index in [2.05, 4.69) is 26.0 Å². The van der Waals surface area contributed by atoms with Gasteiger partial charge in [0.2, 0.25) is 0 Å². The van der Waals surface area contributed by atoms with Gasteiger partial charge in [-0.3, -0.25) is 0 Å². The van der Waals surface area contributed by atoms with Crippen molar-refractivity contribution >= 4 is 33.6 Å². The van der Waals surface area contributed by atoms with E-state index in [9.17, 15) is 9.59 Å². The van der Waals surface area contributed by atoms with E-state index in [1.807, 2.05) is 26.0 Å². The molecule has 0 atom stereocenters. The zero-order chi connectivity index (χ0) is 16.7. The van der Waals surface area contributed by atoms with Crippen LogP contribution in [-0.2, 0) is 31.9 Å². The molecule has 6 heteroatoms. The summed E-state index contributed by atoms with van der Waals surface area (Å²) in [5, 5.41) is 3.03. The summed E-state index contributed by atoms with van der Waals surface area (Å²) in [5.74, 6) is -1.25. The van der Waals surface area contributed by atoms with E-state index in [4.69, 9.17) is 4.74 Å². The molecular formula is C16H20BrNO4. The van der Waals surface area contributed by atoms with E-state index in [1.165, 1.54) is 14.2 Å². The van der Waals surface area contributed by atoms with Gasteiger partial charge in [-0.1, -0.05) is 29.8 Å². The van der Waals surface area contributed by atoms with Crippen molar-refractivity contribution in [1.82, 2.24) is 0 Å². The number of rotatable bonds is 6. The highest BCUT2D eigenvalue weighted by atomic mass is 79.9. The van der Waals surface area contributed by atoms with Gasteiger partial charge in [0.25, 0.3) is 0 Å². The van der Waals surface area contributed by atoms with Gasteiger partial charge in [-0.25, -0.2) is 9.59 Å². The highest BCUT2D eigenvalue weighted by Gasteiger charge is 2.16. The Morgan fingerprint density at radius 3 is 2.09 bits per heavy atom. The summed E-state index contributed by atoms with van der Waals surface area (Å²) in [5.41, 5.74) is 2.92. The first-order valence-electron chi connectivity index (χ1n) is 6.93. The molecule has 0 aliphatic heterocycles. The number of carbonyl (C=O) groups excluding carboxylic acids is 2. The maximum Gasteiger partial charge on any atom is 0.354 e. The van der Waals surface area contributed by atoms with Crippen molar-refractivity contribution in [2.75, 3.05) is 19.5 Å². The average molecular weight is 370 g/mol. The number of hydrogen-bond acceptors (Lipinski definition) is 5. The summed E-state index contributed by atoms with van der Waals surface area (Å²) >= 11 is 3.48. The predicted molar refractivity (Wildman–Crippen MR) is 88.6 cm³/mol. The number of anilines is 1. The third-order valence-electron chi connectivity index (χ3n) is 3.16. The van der Waals surface area contributed by atoms with E-state index >= 15 is 0 Å².